The first-order valence-corrected chi connectivity index (χ1v) is 9.98. The average molecular weight is 385 g/mol. The number of Topliss-reactive ketones (excluding diaryl/α,β-unsaturated/α-hetero) is 1. The first-order valence-electron chi connectivity index (χ1n) is 9.10. The summed E-state index contributed by atoms with van der Waals surface area (Å²) >= 11 is 1.34. The number of thioether (sulfide) groups is 1. The van der Waals surface area contributed by atoms with Crippen LogP contribution in [0.2, 0.25) is 0 Å². The second-order valence-electron chi connectivity index (χ2n) is 6.38. The Bertz CT molecular complexity index is 1000. The fraction of sp³-hybridized carbons (Fsp3) is 0.0833. The number of ketones is 1. The summed E-state index contributed by atoms with van der Waals surface area (Å²) in [6, 6.07) is 29.2. The number of carbonyl (C=O) groups excluding carboxylic acids is 1. The van der Waals surface area contributed by atoms with Crippen molar-refractivity contribution in [3.05, 3.63) is 96.6 Å². The van der Waals surface area contributed by atoms with E-state index in [1.165, 1.54) is 11.8 Å². The predicted octanol–water partition coefficient (Wildman–Crippen LogP) is 6.37. The number of hydrogen-bond donors (Lipinski definition) is 0. The van der Waals surface area contributed by atoms with Crippen molar-refractivity contribution in [1.29, 1.82) is 0 Å². The van der Waals surface area contributed by atoms with Crippen LogP contribution >= 0.6 is 11.8 Å². The third-order valence-corrected chi connectivity index (χ3v) is 5.34. The van der Waals surface area contributed by atoms with Gasteiger partial charge < -0.3 is 4.42 Å². The maximum atomic E-state index is 12.7. The zero-order chi connectivity index (χ0) is 19.3. The van der Waals surface area contributed by atoms with Crippen molar-refractivity contribution >= 4 is 17.5 Å². The highest BCUT2D eigenvalue weighted by Gasteiger charge is 2.22. The topological polar surface area (TPSA) is 43.1 Å². The van der Waals surface area contributed by atoms with Crippen LogP contribution in [0.25, 0.3) is 22.6 Å². The van der Waals surface area contributed by atoms with Crippen molar-refractivity contribution in [1.82, 2.24) is 4.98 Å². The summed E-state index contributed by atoms with van der Waals surface area (Å²) < 4.78 is 6.11. The first kappa shape index (κ1) is 18.3. The minimum absolute atomic E-state index is 0.0614. The van der Waals surface area contributed by atoms with Crippen LogP contribution < -0.4 is 0 Å². The number of aromatic nitrogens is 1. The van der Waals surface area contributed by atoms with E-state index in [2.05, 4.69) is 0 Å². The molecule has 1 unspecified atom stereocenters. The molecule has 0 aliphatic carbocycles. The van der Waals surface area contributed by atoms with Crippen LogP contribution in [-0.2, 0) is 0 Å². The monoisotopic (exact) mass is 385 g/mol. The van der Waals surface area contributed by atoms with Crippen LogP contribution in [-0.4, -0.2) is 16.0 Å². The summed E-state index contributed by atoms with van der Waals surface area (Å²) in [5.41, 5.74) is 3.43. The second-order valence-corrected chi connectivity index (χ2v) is 7.67. The molecular weight excluding hydrogens is 366 g/mol. The van der Waals surface area contributed by atoms with E-state index in [4.69, 9.17) is 9.40 Å². The fourth-order valence-corrected chi connectivity index (χ4v) is 3.79. The van der Waals surface area contributed by atoms with Gasteiger partial charge in [-0.05, 0) is 6.92 Å². The molecule has 0 saturated heterocycles. The Morgan fingerprint density at radius 1 is 0.821 bits per heavy atom. The van der Waals surface area contributed by atoms with E-state index in [0.717, 1.165) is 16.8 Å². The van der Waals surface area contributed by atoms with Gasteiger partial charge in [-0.15, -0.1) is 0 Å². The number of benzene rings is 3. The van der Waals surface area contributed by atoms with Crippen molar-refractivity contribution in [2.75, 3.05) is 0 Å². The molecule has 0 N–H and O–H groups in total. The van der Waals surface area contributed by atoms with Crippen LogP contribution in [0.3, 0.4) is 0 Å². The Morgan fingerprint density at radius 3 is 1.96 bits per heavy atom. The zero-order valence-electron chi connectivity index (χ0n) is 15.4. The van der Waals surface area contributed by atoms with Gasteiger partial charge in [0.05, 0.1) is 5.25 Å². The van der Waals surface area contributed by atoms with Gasteiger partial charge in [0.25, 0.3) is 5.22 Å². The number of hydrogen-bond acceptors (Lipinski definition) is 4. The lowest BCUT2D eigenvalue weighted by Gasteiger charge is -2.07. The minimum Gasteiger partial charge on any atom is -0.431 e. The van der Waals surface area contributed by atoms with Gasteiger partial charge in [-0.3, -0.25) is 4.79 Å². The van der Waals surface area contributed by atoms with Gasteiger partial charge in [0.2, 0.25) is 0 Å². The van der Waals surface area contributed by atoms with Crippen molar-refractivity contribution in [2.24, 2.45) is 0 Å². The smallest absolute Gasteiger partial charge is 0.257 e. The van der Waals surface area contributed by atoms with Gasteiger partial charge in [0.15, 0.2) is 11.5 Å². The third kappa shape index (κ3) is 3.92. The molecule has 4 heteroatoms. The lowest BCUT2D eigenvalue weighted by molar-refractivity contribution is 0.0993. The molecule has 0 radical (unpaired) electrons. The largest absolute Gasteiger partial charge is 0.431 e. The van der Waals surface area contributed by atoms with Crippen LogP contribution in [0, 0.1) is 0 Å². The molecule has 28 heavy (non-hydrogen) atoms. The van der Waals surface area contributed by atoms with E-state index >= 15 is 0 Å². The normalized spacial score (nSPS) is 11.9. The summed E-state index contributed by atoms with van der Waals surface area (Å²) in [7, 11) is 0. The minimum atomic E-state index is -0.298. The molecule has 0 aliphatic rings. The van der Waals surface area contributed by atoms with E-state index in [1.54, 1.807) is 0 Å². The molecule has 0 bridgehead atoms. The quantitative estimate of drug-likeness (QED) is 0.286. The summed E-state index contributed by atoms with van der Waals surface area (Å²) in [6.07, 6.45) is 0. The molecule has 4 rings (SSSR count). The van der Waals surface area contributed by atoms with E-state index < -0.39 is 0 Å². The maximum Gasteiger partial charge on any atom is 0.257 e. The molecule has 4 aromatic rings. The Kier molecular flexibility index (Phi) is 5.40. The SMILES string of the molecule is CC(Sc1nc(-c2ccccc2)c(-c2ccccc2)o1)C(=O)c1ccccc1. The van der Waals surface area contributed by atoms with Gasteiger partial charge in [0.1, 0.15) is 5.69 Å². The van der Waals surface area contributed by atoms with Gasteiger partial charge in [-0.25, -0.2) is 4.98 Å². The van der Waals surface area contributed by atoms with E-state index in [-0.39, 0.29) is 11.0 Å². The summed E-state index contributed by atoms with van der Waals surface area (Å²) in [6.45, 7) is 1.88. The lowest BCUT2D eigenvalue weighted by atomic mass is 10.1. The second kappa shape index (κ2) is 8.28. The summed E-state index contributed by atoms with van der Waals surface area (Å²) in [5, 5.41) is 0.197. The standard InChI is InChI=1S/C24H19NO2S/c1-17(22(26)19-13-7-3-8-14-19)28-24-25-21(18-11-5-2-6-12-18)23(27-24)20-15-9-4-10-16-20/h2-17H,1H3. The molecule has 1 heterocycles. The van der Waals surface area contributed by atoms with Crippen LogP contribution in [0.15, 0.2) is 101 Å². The molecule has 0 spiro atoms. The molecule has 0 fully saturated rings. The average Bonchev–Trinajstić information content (AvgIpc) is 3.19. The predicted molar refractivity (Wildman–Crippen MR) is 113 cm³/mol. The Morgan fingerprint density at radius 2 is 1.36 bits per heavy atom. The van der Waals surface area contributed by atoms with Crippen molar-refractivity contribution in [3.63, 3.8) is 0 Å². The Labute approximate surface area is 168 Å². The number of nitrogens with zero attached hydrogens (tertiary/aromatic N) is 1. The number of carbonyl (C=O) groups is 1. The van der Waals surface area contributed by atoms with Crippen LogP contribution in [0.4, 0.5) is 0 Å². The molecule has 1 atom stereocenters. The molecule has 0 saturated carbocycles. The van der Waals surface area contributed by atoms with Crippen molar-refractivity contribution < 1.29 is 9.21 Å². The molecular formula is C24H19NO2S. The van der Waals surface area contributed by atoms with Gasteiger partial charge in [-0.1, -0.05) is 103 Å². The molecule has 3 nitrogen and oxygen atoms in total. The Balaban J connectivity index is 1.67. The molecule has 138 valence electrons. The van der Waals surface area contributed by atoms with Crippen molar-refractivity contribution in [3.8, 4) is 22.6 Å². The third-order valence-electron chi connectivity index (χ3n) is 4.40. The molecule has 3 aromatic carbocycles. The summed E-state index contributed by atoms with van der Waals surface area (Å²) in [4.78, 5) is 17.4. The van der Waals surface area contributed by atoms with E-state index in [0.29, 0.717) is 16.5 Å². The van der Waals surface area contributed by atoms with Crippen molar-refractivity contribution in [2.45, 2.75) is 17.4 Å². The fourth-order valence-electron chi connectivity index (χ4n) is 2.97. The number of oxazole rings is 1. The Hall–Kier alpha value is -3.11. The molecule has 0 amide bonds. The van der Waals surface area contributed by atoms with Crippen LogP contribution in [0.5, 0.6) is 0 Å². The van der Waals surface area contributed by atoms with Gasteiger partial charge >= 0.3 is 0 Å². The molecule has 1 aromatic heterocycles. The molecule has 0 aliphatic heterocycles. The summed E-state index contributed by atoms with van der Waals surface area (Å²) in [5.74, 6) is 0.778. The highest BCUT2D eigenvalue weighted by atomic mass is 32.2. The zero-order valence-corrected chi connectivity index (χ0v) is 16.2. The first-order chi connectivity index (χ1) is 13.7. The van der Waals surface area contributed by atoms with Gasteiger partial charge in [-0.2, -0.15) is 0 Å². The van der Waals surface area contributed by atoms with E-state index in [1.807, 2.05) is 97.9 Å². The maximum absolute atomic E-state index is 12.7. The lowest BCUT2D eigenvalue weighted by Crippen LogP contribution is -2.13. The van der Waals surface area contributed by atoms with Gasteiger partial charge in [0, 0.05) is 16.7 Å². The highest BCUT2D eigenvalue weighted by Crippen LogP contribution is 2.37. The van der Waals surface area contributed by atoms with E-state index in [9.17, 15) is 4.79 Å². The highest BCUT2D eigenvalue weighted by molar-refractivity contribution is 8.00. The van der Waals surface area contributed by atoms with Crippen LogP contribution in [0.1, 0.15) is 17.3 Å². The number of rotatable bonds is 6.